The molecule has 0 fully saturated rings. The largest absolute Gasteiger partial charge is 0.481 e. The summed E-state index contributed by atoms with van der Waals surface area (Å²) in [5.41, 5.74) is 1.72. The fourth-order valence-electron chi connectivity index (χ4n) is 1.69. The van der Waals surface area contributed by atoms with Gasteiger partial charge in [0.1, 0.15) is 17.0 Å². The monoisotopic (exact) mass is 294 g/mol. The quantitative estimate of drug-likeness (QED) is 0.840. The normalized spacial score (nSPS) is 10.8. The Morgan fingerprint density at radius 3 is 2.85 bits per heavy atom. The number of aromatic nitrogens is 3. The van der Waals surface area contributed by atoms with E-state index in [2.05, 4.69) is 27.2 Å². The van der Waals surface area contributed by atoms with Crippen molar-refractivity contribution in [1.82, 2.24) is 20.3 Å². The molecule has 0 saturated carbocycles. The van der Waals surface area contributed by atoms with E-state index in [4.69, 9.17) is 9.47 Å². The van der Waals surface area contributed by atoms with Crippen LogP contribution in [0.2, 0.25) is 0 Å². The number of hydrogen-bond acceptors (Lipinski definition) is 7. The van der Waals surface area contributed by atoms with Crippen molar-refractivity contribution in [1.29, 1.82) is 0 Å². The molecule has 0 aliphatic carbocycles. The van der Waals surface area contributed by atoms with Gasteiger partial charge in [-0.1, -0.05) is 6.92 Å². The lowest BCUT2D eigenvalue weighted by Crippen LogP contribution is -2.12. The van der Waals surface area contributed by atoms with E-state index in [-0.39, 0.29) is 0 Å². The first kappa shape index (κ1) is 14.8. The number of ether oxygens (including phenoxy) is 2. The highest BCUT2D eigenvalue weighted by Crippen LogP contribution is 2.28. The first-order chi connectivity index (χ1) is 9.78. The van der Waals surface area contributed by atoms with Crippen LogP contribution in [-0.2, 0) is 17.9 Å². The van der Waals surface area contributed by atoms with Crippen LogP contribution in [0.5, 0.6) is 5.88 Å². The molecule has 0 amide bonds. The molecule has 7 heteroatoms. The summed E-state index contributed by atoms with van der Waals surface area (Å²) < 4.78 is 10.3. The van der Waals surface area contributed by atoms with Crippen LogP contribution in [-0.4, -0.2) is 35.7 Å². The average Bonchev–Trinajstić information content (AvgIpc) is 2.89. The Morgan fingerprint density at radius 2 is 2.15 bits per heavy atom. The van der Waals surface area contributed by atoms with Crippen LogP contribution >= 0.6 is 11.3 Å². The average molecular weight is 294 g/mol. The molecule has 2 aromatic rings. The van der Waals surface area contributed by atoms with Gasteiger partial charge in [0.15, 0.2) is 0 Å². The molecule has 2 heterocycles. The maximum atomic E-state index is 5.20. The molecule has 0 bridgehead atoms. The Balaban J connectivity index is 2.30. The lowest BCUT2D eigenvalue weighted by Gasteiger charge is -2.00. The van der Waals surface area contributed by atoms with Crippen molar-refractivity contribution in [2.24, 2.45) is 0 Å². The molecule has 0 aromatic carbocycles. The summed E-state index contributed by atoms with van der Waals surface area (Å²) >= 11 is 1.61. The topological polar surface area (TPSA) is 69.2 Å². The van der Waals surface area contributed by atoms with Gasteiger partial charge in [-0.05, 0) is 6.54 Å². The third-order valence-electron chi connectivity index (χ3n) is 2.67. The van der Waals surface area contributed by atoms with E-state index < -0.39 is 0 Å². The molecule has 0 radical (unpaired) electrons. The Hall–Kier alpha value is -1.57. The van der Waals surface area contributed by atoms with Crippen molar-refractivity contribution in [2.45, 2.75) is 20.1 Å². The molecule has 2 rings (SSSR count). The summed E-state index contributed by atoms with van der Waals surface area (Å²) in [6.45, 7) is 4.28. The van der Waals surface area contributed by atoms with E-state index in [1.807, 2.05) is 0 Å². The summed E-state index contributed by atoms with van der Waals surface area (Å²) in [7, 11) is 3.25. The highest BCUT2D eigenvalue weighted by Gasteiger charge is 2.13. The SMILES string of the molecule is CCNCc1sc(-c2cc(OC)ncn2)nc1COC. The minimum absolute atomic E-state index is 0.499. The number of methoxy groups -OCH3 is 2. The minimum Gasteiger partial charge on any atom is -0.481 e. The van der Waals surface area contributed by atoms with Crippen LogP contribution in [0.15, 0.2) is 12.4 Å². The number of nitrogens with zero attached hydrogens (tertiary/aromatic N) is 3. The second kappa shape index (κ2) is 7.28. The molecule has 0 aliphatic heterocycles. The maximum Gasteiger partial charge on any atom is 0.216 e. The zero-order valence-corrected chi connectivity index (χ0v) is 12.7. The summed E-state index contributed by atoms with van der Waals surface area (Å²) in [5.74, 6) is 0.534. The second-order valence-electron chi connectivity index (χ2n) is 4.05. The maximum absolute atomic E-state index is 5.20. The van der Waals surface area contributed by atoms with Crippen LogP contribution in [0.25, 0.3) is 10.7 Å². The van der Waals surface area contributed by atoms with Gasteiger partial charge in [-0.3, -0.25) is 0 Å². The zero-order valence-electron chi connectivity index (χ0n) is 11.8. The smallest absolute Gasteiger partial charge is 0.216 e. The minimum atomic E-state index is 0.499. The number of hydrogen-bond donors (Lipinski definition) is 1. The van der Waals surface area contributed by atoms with Crippen LogP contribution in [0.3, 0.4) is 0 Å². The molecule has 0 spiro atoms. The molecule has 108 valence electrons. The number of thiazole rings is 1. The van der Waals surface area contributed by atoms with Crippen molar-refractivity contribution >= 4 is 11.3 Å². The number of nitrogens with one attached hydrogen (secondary N) is 1. The first-order valence-corrected chi connectivity index (χ1v) is 7.14. The molecule has 0 saturated heterocycles. The van der Waals surface area contributed by atoms with Crippen LogP contribution in [0.4, 0.5) is 0 Å². The van der Waals surface area contributed by atoms with Gasteiger partial charge in [-0.25, -0.2) is 15.0 Å². The summed E-state index contributed by atoms with van der Waals surface area (Å²) in [6.07, 6.45) is 1.48. The van der Waals surface area contributed by atoms with Crippen LogP contribution in [0.1, 0.15) is 17.5 Å². The van der Waals surface area contributed by atoms with E-state index in [1.165, 1.54) is 11.2 Å². The van der Waals surface area contributed by atoms with Gasteiger partial charge in [-0.15, -0.1) is 11.3 Å². The second-order valence-corrected chi connectivity index (χ2v) is 5.13. The molecule has 1 N–H and O–H groups in total. The predicted molar refractivity (Wildman–Crippen MR) is 77.8 cm³/mol. The van der Waals surface area contributed by atoms with Gasteiger partial charge in [0, 0.05) is 24.6 Å². The molecular weight excluding hydrogens is 276 g/mol. The Kier molecular flexibility index (Phi) is 5.40. The molecule has 0 unspecified atom stereocenters. The lowest BCUT2D eigenvalue weighted by atomic mass is 10.3. The summed E-state index contributed by atoms with van der Waals surface area (Å²) in [4.78, 5) is 14.0. The molecule has 0 atom stereocenters. The number of rotatable bonds is 7. The van der Waals surface area contributed by atoms with Gasteiger partial charge in [0.2, 0.25) is 5.88 Å². The molecular formula is C13H18N4O2S. The highest BCUT2D eigenvalue weighted by atomic mass is 32.1. The van der Waals surface area contributed by atoms with Crippen molar-refractivity contribution in [3.63, 3.8) is 0 Å². The van der Waals surface area contributed by atoms with Gasteiger partial charge < -0.3 is 14.8 Å². The fraction of sp³-hybridized carbons (Fsp3) is 0.462. The molecule has 0 aliphatic rings. The zero-order chi connectivity index (χ0) is 14.4. The standard InChI is InChI=1S/C13H18N4O2S/c1-4-14-6-11-10(7-18-2)17-13(20-11)9-5-12(19-3)16-8-15-9/h5,8,14H,4,6-7H2,1-3H3. The van der Waals surface area contributed by atoms with Gasteiger partial charge in [0.25, 0.3) is 0 Å². The molecule has 6 nitrogen and oxygen atoms in total. The van der Waals surface area contributed by atoms with E-state index >= 15 is 0 Å². The molecule has 20 heavy (non-hydrogen) atoms. The predicted octanol–water partition coefficient (Wildman–Crippen LogP) is 1.86. The third-order valence-corrected chi connectivity index (χ3v) is 3.79. The van der Waals surface area contributed by atoms with E-state index in [1.54, 1.807) is 31.6 Å². The van der Waals surface area contributed by atoms with Crippen molar-refractivity contribution in [2.75, 3.05) is 20.8 Å². The summed E-state index contributed by atoms with van der Waals surface area (Å²) in [6, 6.07) is 1.78. The fourth-order valence-corrected chi connectivity index (χ4v) is 2.69. The van der Waals surface area contributed by atoms with Crippen molar-refractivity contribution in [3.05, 3.63) is 23.0 Å². The summed E-state index contributed by atoms with van der Waals surface area (Å²) in [5, 5.41) is 4.16. The third kappa shape index (κ3) is 3.50. The lowest BCUT2D eigenvalue weighted by molar-refractivity contribution is 0.181. The Labute approximate surface area is 122 Å². The van der Waals surface area contributed by atoms with E-state index in [0.717, 1.165) is 29.5 Å². The van der Waals surface area contributed by atoms with Gasteiger partial charge in [0.05, 0.1) is 19.4 Å². The van der Waals surface area contributed by atoms with Crippen molar-refractivity contribution < 1.29 is 9.47 Å². The van der Waals surface area contributed by atoms with Crippen molar-refractivity contribution in [3.8, 4) is 16.6 Å². The van der Waals surface area contributed by atoms with E-state index in [0.29, 0.717) is 12.5 Å². The van der Waals surface area contributed by atoms with E-state index in [9.17, 15) is 0 Å². The highest BCUT2D eigenvalue weighted by molar-refractivity contribution is 7.15. The Bertz CT molecular complexity index is 559. The van der Waals surface area contributed by atoms with Crippen LogP contribution in [0, 0.1) is 0 Å². The van der Waals surface area contributed by atoms with Crippen LogP contribution < -0.4 is 10.1 Å². The Morgan fingerprint density at radius 1 is 1.30 bits per heavy atom. The van der Waals surface area contributed by atoms with Gasteiger partial charge >= 0.3 is 0 Å². The first-order valence-electron chi connectivity index (χ1n) is 6.33. The molecule has 2 aromatic heterocycles. The van der Waals surface area contributed by atoms with Gasteiger partial charge in [-0.2, -0.15) is 0 Å².